The topological polar surface area (TPSA) is 176 Å². The van der Waals surface area contributed by atoms with Crippen molar-refractivity contribution in [3.05, 3.63) is 0 Å². The molecule has 0 saturated heterocycles. The van der Waals surface area contributed by atoms with Crippen LogP contribution in [0.4, 0.5) is 0 Å². The molecule has 9 N–H and O–H groups in total. The van der Waals surface area contributed by atoms with Crippen LogP contribution in [-0.2, 0) is 0 Å². The van der Waals surface area contributed by atoms with Crippen molar-refractivity contribution in [2.24, 2.45) is 38.6 Å². The van der Waals surface area contributed by atoms with Gasteiger partial charge in [0.2, 0.25) is 0 Å². The van der Waals surface area contributed by atoms with Crippen LogP contribution in [0.3, 0.4) is 0 Å². The van der Waals surface area contributed by atoms with Crippen molar-refractivity contribution in [2.45, 2.75) is 19.3 Å². The van der Waals surface area contributed by atoms with Crippen molar-refractivity contribution in [2.75, 3.05) is 0 Å². The largest absolute Gasteiger partial charge is 0.409 e. The molecule has 0 aliphatic heterocycles. The van der Waals surface area contributed by atoms with Crippen LogP contribution in [0.1, 0.15) is 19.3 Å². The van der Waals surface area contributed by atoms with Crippen molar-refractivity contribution in [3.63, 3.8) is 0 Å². The molecule has 16 heavy (non-hydrogen) atoms. The molecule has 9 nitrogen and oxygen atoms in total. The average Bonchev–Trinajstić information content (AvgIpc) is 2.32. The summed E-state index contributed by atoms with van der Waals surface area (Å²) in [6, 6.07) is 0. The minimum absolute atomic E-state index is 0.0234. The first-order chi connectivity index (χ1) is 7.54. The number of nitrogens with zero attached hydrogens (tertiary/aromatic N) is 3. The van der Waals surface area contributed by atoms with Gasteiger partial charge in [0, 0.05) is 18.8 Å². The highest BCUT2D eigenvalue weighted by molar-refractivity contribution is 5.89. The smallest absolute Gasteiger partial charge is 0.142 e. The van der Waals surface area contributed by atoms with Crippen molar-refractivity contribution in [1.82, 2.24) is 0 Å². The molecule has 0 aromatic rings. The van der Waals surface area contributed by atoms with Crippen LogP contribution < -0.4 is 17.2 Å². The van der Waals surface area contributed by atoms with Gasteiger partial charge in [-0.15, -0.1) is 0 Å². The van der Waals surface area contributed by atoms with Crippen LogP contribution in [0.25, 0.3) is 0 Å². The van der Waals surface area contributed by atoms with E-state index < -0.39 is 5.92 Å². The van der Waals surface area contributed by atoms with Gasteiger partial charge in [0.15, 0.2) is 0 Å². The first-order valence-corrected chi connectivity index (χ1v) is 4.45. The standard InChI is InChI=1S/C7H16N6O3/c8-5(11-14)2-1-4(7(10)13-16)3-6(9)12-15/h4,14-16H,1-3H2,(H2,8,11)(H2,9,12)(H2,10,13). The molecule has 0 saturated carbocycles. The van der Waals surface area contributed by atoms with Gasteiger partial charge in [-0.05, 0) is 6.42 Å². The summed E-state index contributed by atoms with van der Waals surface area (Å²) in [6.07, 6.45) is 0.712. The molecule has 0 heterocycles. The summed E-state index contributed by atoms with van der Waals surface area (Å²) in [5.74, 6) is -0.523. The molecule has 0 fully saturated rings. The van der Waals surface area contributed by atoms with Gasteiger partial charge in [0.25, 0.3) is 0 Å². The fourth-order valence-corrected chi connectivity index (χ4v) is 1.10. The molecule has 92 valence electrons. The second-order valence-corrected chi connectivity index (χ2v) is 3.15. The Hall–Kier alpha value is -2.19. The fraction of sp³-hybridized carbons (Fsp3) is 0.571. The zero-order chi connectivity index (χ0) is 12.6. The van der Waals surface area contributed by atoms with E-state index in [1.165, 1.54) is 0 Å². The number of hydrogen-bond acceptors (Lipinski definition) is 6. The second kappa shape index (κ2) is 7.15. The van der Waals surface area contributed by atoms with Gasteiger partial charge in [-0.25, -0.2) is 0 Å². The maximum Gasteiger partial charge on any atom is 0.142 e. The molecule has 0 rings (SSSR count). The Morgan fingerprint density at radius 1 is 0.938 bits per heavy atom. The van der Waals surface area contributed by atoms with Gasteiger partial charge in [-0.2, -0.15) is 0 Å². The Morgan fingerprint density at radius 2 is 1.50 bits per heavy atom. The van der Waals surface area contributed by atoms with Gasteiger partial charge in [0.05, 0.1) is 0 Å². The third kappa shape index (κ3) is 4.88. The Labute approximate surface area is 91.9 Å². The molecule has 0 aromatic heterocycles. The van der Waals surface area contributed by atoms with Crippen LogP contribution in [-0.4, -0.2) is 33.1 Å². The summed E-state index contributed by atoms with van der Waals surface area (Å²) in [5.41, 5.74) is 16.0. The Kier molecular flexibility index (Phi) is 6.17. The van der Waals surface area contributed by atoms with Crippen LogP contribution in [0.2, 0.25) is 0 Å². The molecule has 0 radical (unpaired) electrons. The van der Waals surface area contributed by atoms with Crippen molar-refractivity contribution >= 4 is 17.5 Å². The van der Waals surface area contributed by atoms with E-state index in [9.17, 15) is 0 Å². The van der Waals surface area contributed by atoms with Gasteiger partial charge in [-0.3, -0.25) is 0 Å². The monoisotopic (exact) mass is 232 g/mol. The lowest BCUT2D eigenvalue weighted by Crippen LogP contribution is -2.30. The lowest BCUT2D eigenvalue weighted by atomic mass is 9.97. The Balaban J connectivity index is 4.45. The maximum atomic E-state index is 8.52. The second-order valence-electron chi connectivity index (χ2n) is 3.15. The van der Waals surface area contributed by atoms with Crippen LogP contribution in [0.15, 0.2) is 15.5 Å². The third-order valence-electron chi connectivity index (χ3n) is 2.00. The predicted octanol–water partition coefficient (Wildman–Crippen LogP) is -0.988. The quantitative estimate of drug-likeness (QED) is 0.148. The van der Waals surface area contributed by atoms with E-state index in [0.29, 0.717) is 6.42 Å². The summed E-state index contributed by atoms with van der Waals surface area (Å²) in [7, 11) is 0. The normalized spacial score (nSPS) is 16.1. The van der Waals surface area contributed by atoms with E-state index in [4.69, 9.17) is 32.8 Å². The maximum absolute atomic E-state index is 8.52. The van der Waals surface area contributed by atoms with Crippen LogP contribution in [0, 0.1) is 5.92 Å². The lowest BCUT2D eigenvalue weighted by Gasteiger charge is -2.13. The number of oxime groups is 3. The third-order valence-corrected chi connectivity index (χ3v) is 2.00. The Bertz CT molecular complexity index is 300. The summed E-state index contributed by atoms with van der Waals surface area (Å²) >= 11 is 0. The number of amidine groups is 3. The predicted molar refractivity (Wildman–Crippen MR) is 57.6 cm³/mol. The van der Waals surface area contributed by atoms with Crippen LogP contribution >= 0.6 is 0 Å². The molecule has 0 aliphatic rings. The van der Waals surface area contributed by atoms with Crippen LogP contribution in [0.5, 0.6) is 0 Å². The van der Waals surface area contributed by atoms with Gasteiger partial charge < -0.3 is 32.8 Å². The molecule has 9 heteroatoms. The summed E-state index contributed by atoms with van der Waals surface area (Å²) in [6.45, 7) is 0. The molecule has 1 unspecified atom stereocenters. The molecular weight excluding hydrogens is 216 g/mol. The average molecular weight is 232 g/mol. The van der Waals surface area contributed by atoms with E-state index in [1.807, 2.05) is 0 Å². The SMILES string of the molecule is NC(CCC(CC(N)=NO)C(N)=NO)=NO. The van der Waals surface area contributed by atoms with E-state index in [1.54, 1.807) is 0 Å². The van der Waals surface area contributed by atoms with E-state index in [2.05, 4.69) is 15.5 Å². The lowest BCUT2D eigenvalue weighted by molar-refractivity contribution is 0.309. The summed E-state index contributed by atoms with van der Waals surface area (Å²) < 4.78 is 0. The highest BCUT2D eigenvalue weighted by Gasteiger charge is 2.16. The number of nitrogens with two attached hydrogens (primary N) is 3. The molecule has 0 bridgehead atoms. The molecule has 1 atom stereocenters. The zero-order valence-corrected chi connectivity index (χ0v) is 8.61. The zero-order valence-electron chi connectivity index (χ0n) is 8.61. The number of rotatable bonds is 6. The highest BCUT2D eigenvalue weighted by atomic mass is 16.4. The Morgan fingerprint density at radius 3 is 1.94 bits per heavy atom. The minimum Gasteiger partial charge on any atom is -0.409 e. The van der Waals surface area contributed by atoms with Gasteiger partial charge in [-0.1, -0.05) is 15.5 Å². The fourth-order valence-electron chi connectivity index (χ4n) is 1.10. The summed E-state index contributed by atoms with van der Waals surface area (Å²) in [4.78, 5) is 0. The molecule has 0 aromatic carbocycles. The molecule has 0 spiro atoms. The first kappa shape index (κ1) is 13.8. The van der Waals surface area contributed by atoms with E-state index in [0.717, 1.165) is 0 Å². The van der Waals surface area contributed by atoms with Gasteiger partial charge >= 0.3 is 0 Å². The van der Waals surface area contributed by atoms with Crippen molar-refractivity contribution < 1.29 is 15.6 Å². The van der Waals surface area contributed by atoms with Gasteiger partial charge in [0.1, 0.15) is 17.5 Å². The molecule has 0 aliphatic carbocycles. The van der Waals surface area contributed by atoms with Crippen molar-refractivity contribution in [3.8, 4) is 0 Å². The first-order valence-electron chi connectivity index (χ1n) is 4.45. The molecular formula is C7H16N6O3. The van der Waals surface area contributed by atoms with Crippen molar-refractivity contribution in [1.29, 1.82) is 0 Å². The minimum atomic E-state index is -0.443. The summed E-state index contributed by atoms with van der Waals surface area (Å²) in [5, 5.41) is 33.7. The van der Waals surface area contributed by atoms with E-state index in [-0.39, 0.29) is 30.3 Å². The number of hydrogen-bond donors (Lipinski definition) is 6. The highest BCUT2D eigenvalue weighted by Crippen LogP contribution is 2.11. The van der Waals surface area contributed by atoms with E-state index >= 15 is 0 Å². The molecule has 0 amide bonds.